The average Bonchev–Trinajstić information content (AvgIpc) is 1.88. The molecule has 0 bridgehead atoms. The molecule has 0 aliphatic rings. The van der Waals surface area contributed by atoms with E-state index in [1.807, 2.05) is 13.8 Å². The van der Waals surface area contributed by atoms with Crippen LogP contribution in [0, 0.1) is 0 Å². The minimum atomic E-state index is 0.281. The van der Waals surface area contributed by atoms with E-state index in [1.54, 1.807) is 6.21 Å². The van der Waals surface area contributed by atoms with E-state index in [9.17, 15) is 0 Å². The Balaban J connectivity index is 3.89. The molecule has 0 saturated carbocycles. The van der Waals surface area contributed by atoms with Crippen molar-refractivity contribution in [1.82, 2.24) is 0 Å². The number of guanidine groups is 1. The molecule has 1 atom stereocenters. The van der Waals surface area contributed by atoms with Crippen LogP contribution in [-0.4, -0.2) is 18.2 Å². The van der Waals surface area contributed by atoms with E-state index in [0.29, 0.717) is 5.96 Å². The molecule has 0 heterocycles. The highest BCUT2D eigenvalue weighted by atomic mass is 15.0. The molecule has 0 aliphatic heterocycles. The van der Waals surface area contributed by atoms with Gasteiger partial charge in [0.2, 0.25) is 5.96 Å². The fourth-order valence-electron chi connectivity index (χ4n) is 0.483. The van der Waals surface area contributed by atoms with Gasteiger partial charge in [0.15, 0.2) is 0 Å². The van der Waals surface area contributed by atoms with Crippen molar-refractivity contribution in [2.75, 3.05) is 0 Å². The van der Waals surface area contributed by atoms with Crippen molar-refractivity contribution >= 4 is 12.2 Å². The Morgan fingerprint density at radius 2 is 2.30 bits per heavy atom. The first-order valence-electron chi connectivity index (χ1n) is 3.52. The molecular formula is C7H15N3. The molecule has 0 spiro atoms. The lowest BCUT2D eigenvalue weighted by Crippen LogP contribution is -2.12. The predicted molar refractivity (Wildman–Crippen MR) is 45.5 cm³/mol. The molecule has 0 saturated heterocycles. The molecule has 3 nitrogen and oxygen atoms in total. The Kier molecular flexibility index (Phi) is 4.54. The van der Waals surface area contributed by atoms with Gasteiger partial charge in [-0.1, -0.05) is 6.92 Å². The van der Waals surface area contributed by atoms with Gasteiger partial charge in [-0.2, -0.15) is 0 Å². The van der Waals surface area contributed by atoms with Crippen LogP contribution in [0.25, 0.3) is 0 Å². The first kappa shape index (κ1) is 9.14. The molecule has 0 aromatic rings. The molecule has 0 amide bonds. The maximum Gasteiger partial charge on any atom is 0.215 e. The Morgan fingerprint density at radius 1 is 1.70 bits per heavy atom. The minimum absolute atomic E-state index is 0.281. The third-order valence-electron chi connectivity index (χ3n) is 1.20. The van der Waals surface area contributed by atoms with Crippen molar-refractivity contribution in [3.05, 3.63) is 0 Å². The average molecular weight is 141 g/mol. The summed E-state index contributed by atoms with van der Waals surface area (Å²) >= 11 is 0. The summed E-state index contributed by atoms with van der Waals surface area (Å²) in [6, 6.07) is 0.281. The molecule has 0 fully saturated rings. The molecule has 1 unspecified atom stereocenters. The van der Waals surface area contributed by atoms with Crippen molar-refractivity contribution < 1.29 is 0 Å². The largest absolute Gasteiger partial charge is 0.368 e. The lowest BCUT2D eigenvalue weighted by atomic mass is 10.3. The number of rotatable bonds is 2. The lowest BCUT2D eigenvalue weighted by molar-refractivity contribution is 0.715. The first-order chi connectivity index (χ1) is 4.70. The van der Waals surface area contributed by atoms with E-state index in [0.717, 1.165) is 6.42 Å². The number of aliphatic imine (C=N–C) groups is 2. The first-order valence-corrected chi connectivity index (χ1v) is 3.52. The summed E-state index contributed by atoms with van der Waals surface area (Å²) < 4.78 is 0. The maximum atomic E-state index is 5.41. The van der Waals surface area contributed by atoms with E-state index in [1.165, 1.54) is 0 Å². The van der Waals surface area contributed by atoms with Gasteiger partial charge in [0.1, 0.15) is 0 Å². The highest BCUT2D eigenvalue weighted by Gasteiger charge is 1.93. The van der Waals surface area contributed by atoms with Crippen LogP contribution < -0.4 is 5.73 Å². The van der Waals surface area contributed by atoms with Crippen LogP contribution >= 0.6 is 0 Å². The smallest absolute Gasteiger partial charge is 0.215 e. The van der Waals surface area contributed by atoms with Crippen LogP contribution in [0.4, 0.5) is 0 Å². The molecule has 58 valence electrons. The van der Waals surface area contributed by atoms with Gasteiger partial charge in [-0.15, -0.1) is 0 Å². The van der Waals surface area contributed by atoms with Crippen molar-refractivity contribution in [2.24, 2.45) is 15.7 Å². The van der Waals surface area contributed by atoms with E-state index in [2.05, 4.69) is 16.9 Å². The molecule has 0 rings (SSSR count). The maximum absolute atomic E-state index is 5.41. The van der Waals surface area contributed by atoms with Crippen molar-refractivity contribution in [2.45, 2.75) is 33.2 Å². The van der Waals surface area contributed by atoms with Gasteiger partial charge in [-0.05, 0) is 20.3 Å². The molecule has 2 N–H and O–H groups in total. The number of hydrogen-bond donors (Lipinski definition) is 1. The Labute approximate surface area is 62.1 Å². The van der Waals surface area contributed by atoms with Crippen LogP contribution in [0.5, 0.6) is 0 Å². The minimum Gasteiger partial charge on any atom is -0.368 e. The van der Waals surface area contributed by atoms with Crippen LogP contribution in [-0.2, 0) is 0 Å². The summed E-state index contributed by atoms with van der Waals surface area (Å²) in [6.07, 6.45) is 2.64. The zero-order valence-electron chi connectivity index (χ0n) is 6.83. The highest BCUT2D eigenvalue weighted by Crippen LogP contribution is 1.93. The van der Waals surface area contributed by atoms with Gasteiger partial charge in [-0.3, -0.25) is 0 Å². The summed E-state index contributed by atoms with van der Waals surface area (Å²) in [6.45, 7) is 5.90. The SMILES string of the molecule is CC=NC(N)=NC(C)CC. The third kappa shape index (κ3) is 4.06. The topological polar surface area (TPSA) is 50.7 Å². The predicted octanol–water partition coefficient (Wildman–Crippen LogP) is 1.19. The van der Waals surface area contributed by atoms with Crippen LogP contribution in [0.1, 0.15) is 27.2 Å². The quantitative estimate of drug-likeness (QED) is 0.455. The molecule has 0 aliphatic carbocycles. The van der Waals surface area contributed by atoms with E-state index in [-0.39, 0.29) is 6.04 Å². The zero-order chi connectivity index (χ0) is 7.98. The monoisotopic (exact) mass is 141 g/mol. The fourth-order valence-corrected chi connectivity index (χ4v) is 0.483. The van der Waals surface area contributed by atoms with Gasteiger partial charge in [0.25, 0.3) is 0 Å². The number of nitrogens with two attached hydrogens (primary N) is 1. The molecule has 0 aromatic heterocycles. The highest BCUT2D eigenvalue weighted by molar-refractivity contribution is 5.85. The van der Waals surface area contributed by atoms with Crippen LogP contribution in [0.2, 0.25) is 0 Å². The molecule has 3 heteroatoms. The normalized spacial score (nSPS) is 16.1. The second-order valence-electron chi connectivity index (χ2n) is 2.13. The fraction of sp³-hybridized carbons (Fsp3) is 0.714. The van der Waals surface area contributed by atoms with Crippen molar-refractivity contribution in [1.29, 1.82) is 0 Å². The van der Waals surface area contributed by atoms with Crippen molar-refractivity contribution in [3.8, 4) is 0 Å². The Morgan fingerprint density at radius 3 is 2.70 bits per heavy atom. The van der Waals surface area contributed by atoms with Gasteiger partial charge in [0, 0.05) is 6.21 Å². The summed E-state index contributed by atoms with van der Waals surface area (Å²) in [5.74, 6) is 0.372. The summed E-state index contributed by atoms with van der Waals surface area (Å²) in [5.41, 5.74) is 5.41. The van der Waals surface area contributed by atoms with Crippen LogP contribution in [0.3, 0.4) is 0 Å². The molecule has 0 aromatic carbocycles. The van der Waals surface area contributed by atoms with Crippen LogP contribution in [0.15, 0.2) is 9.98 Å². The van der Waals surface area contributed by atoms with Gasteiger partial charge < -0.3 is 5.73 Å². The van der Waals surface area contributed by atoms with Crippen molar-refractivity contribution in [3.63, 3.8) is 0 Å². The third-order valence-corrected chi connectivity index (χ3v) is 1.20. The van der Waals surface area contributed by atoms with E-state index < -0.39 is 0 Å². The Hall–Kier alpha value is -0.860. The van der Waals surface area contributed by atoms with Gasteiger partial charge in [0.05, 0.1) is 6.04 Å². The zero-order valence-corrected chi connectivity index (χ0v) is 6.83. The summed E-state index contributed by atoms with van der Waals surface area (Å²) in [5, 5.41) is 0. The second-order valence-corrected chi connectivity index (χ2v) is 2.13. The molecule has 0 radical (unpaired) electrons. The van der Waals surface area contributed by atoms with Gasteiger partial charge in [-0.25, -0.2) is 9.98 Å². The second kappa shape index (κ2) is 4.97. The standard InChI is InChI=1S/C7H15N3/c1-4-6(3)10-7(8)9-5-2/h5-6H,4H2,1-3H3,(H2,8,10). The molecule has 10 heavy (non-hydrogen) atoms. The summed E-state index contributed by atoms with van der Waals surface area (Å²) in [7, 11) is 0. The number of hydrogen-bond acceptors (Lipinski definition) is 1. The number of nitrogens with zero attached hydrogens (tertiary/aromatic N) is 2. The summed E-state index contributed by atoms with van der Waals surface area (Å²) in [4.78, 5) is 7.90. The molecular weight excluding hydrogens is 126 g/mol. The lowest BCUT2D eigenvalue weighted by Gasteiger charge is -1.99. The van der Waals surface area contributed by atoms with Gasteiger partial charge >= 0.3 is 0 Å². The van der Waals surface area contributed by atoms with E-state index >= 15 is 0 Å². The van der Waals surface area contributed by atoms with E-state index in [4.69, 9.17) is 5.73 Å². The Bertz CT molecular complexity index is 138.